The first-order valence-electron chi connectivity index (χ1n) is 8.98. The summed E-state index contributed by atoms with van der Waals surface area (Å²) in [6.45, 7) is 0. The van der Waals surface area contributed by atoms with Gasteiger partial charge >= 0.3 is 5.69 Å². The molecule has 1 heterocycles. The number of aromatic nitrogens is 2. The number of nitrogens with one attached hydrogen (secondary N) is 2. The minimum absolute atomic E-state index is 0.0205. The molecule has 0 amide bonds. The minimum atomic E-state index is -0.576. The molecule has 0 unspecified atom stereocenters. The summed E-state index contributed by atoms with van der Waals surface area (Å²) in [4.78, 5) is 19.4. The van der Waals surface area contributed by atoms with E-state index in [1.165, 1.54) is 34.8 Å². The highest BCUT2D eigenvalue weighted by molar-refractivity contribution is 5.80. The lowest BCUT2D eigenvalue weighted by Crippen LogP contribution is -2.06. The molecule has 0 aliphatic rings. The second-order valence-electron chi connectivity index (χ2n) is 6.06. The van der Waals surface area contributed by atoms with E-state index in [0.717, 1.165) is 0 Å². The van der Waals surface area contributed by atoms with Crippen LogP contribution in [0.5, 0.6) is 23.0 Å². The fourth-order valence-corrected chi connectivity index (χ4v) is 2.80. The second kappa shape index (κ2) is 9.48. The van der Waals surface area contributed by atoms with Crippen molar-refractivity contribution in [2.45, 2.75) is 0 Å². The van der Waals surface area contributed by atoms with Gasteiger partial charge in [-0.25, -0.2) is 9.97 Å². The van der Waals surface area contributed by atoms with Crippen LogP contribution in [0.1, 0.15) is 0 Å². The third-order valence-electron chi connectivity index (χ3n) is 4.33. The first-order chi connectivity index (χ1) is 15.0. The van der Waals surface area contributed by atoms with Crippen LogP contribution in [0.3, 0.4) is 0 Å². The summed E-state index contributed by atoms with van der Waals surface area (Å²) in [6.07, 6.45) is 1.21. The molecule has 0 radical (unpaired) electrons. The van der Waals surface area contributed by atoms with Gasteiger partial charge in [0.15, 0.2) is 0 Å². The number of hydrogen-bond acceptors (Lipinski definition) is 10. The van der Waals surface area contributed by atoms with Crippen molar-refractivity contribution in [3.8, 4) is 23.0 Å². The van der Waals surface area contributed by atoms with Crippen LogP contribution in [-0.2, 0) is 0 Å². The van der Waals surface area contributed by atoms with Crippen LogP contribution in [0.15, 0.2) is 42.7 Å². The van der Waals surface area contributed by atoms with E-state index in [1.54, 1.807) is 36.4 Å². The Balaban J connectivity index is 2.02. The molecule has 0 saturated carbocycles. The van der Waals surface area contributed by atoms with Crippen LogP contribution in [0.25, 0.3) is 0 Å². The molecule has 11 heteroatoms. The van der Waals surface area contributed by atoms with Crippen LogP contribution in [0.4, 0.5) is 28.7 Å². The predicted octanol–water partition coefficient (Wildman–Crippen LogP) is 3.91. The van der Waals surface area contributed by atoms with Crippen molar-refractivity contribution in [2.24, 2.45) is 0 Å². The van der Waals surface area contributed by atoms with Gasteiger partial charge in [0, 0.05) is 12.1 Å². The molecule has 3 aromatic rings. The fourth-order valence-electron chi connectivity index (χ4n) is 2.80. The van der Waals surface area contributed by atoms with E-state index in [-0.39, 0.29) is 17.3 Å². The van der Waals surface area contributed by atoms with Crippen molar-refractivity contribution in [1.82, 2.24) is 9.97 Å². The molecule has 0 saturated heterocycles. The smallest absolute Gasteiger partial charge is 0.353 e. The molecule has 3 rings (SSSR count). The van der Waals surface area contributed by atoms with Crippen molar-refractivity contribution >= 4 is 28.7 Å². The van der Waals surface area contributed by atoms with Gasteiger partial charge < -0.3 is 29.6 Å². The van der Waals surface area contributed by atoms with E-state index in [9.17, 15) is 10.1 Å². The summed E-state index contributed by atoms with van der Waals surface area (Å²) in [5.74, 6) is 1.96. The lowest BCUT2D eigenvalue weighted by atomic mass is 10.2. The zero-order valence-electron chi connectivity index (χ0n) is 17.3. The molecule has 11 nitrogen and oxygen atoms in total. The monoisotopic (exact) mass is 427 g/mol. The molecular formula is C20H21N5O6. The van der Waals surface area contributed by atoms with Crippen LogP contribution in [-0.4, -0.2) is 43.3 Å². The molecule has 31 heavy (non-hydrogen) atoms. The van der Waals surface area contributed by atoms with Crippen LogP contribution < -0.4 is 29.6 Å². The van der Waals surface area contributed by atoms with Gasteiger partial charge in [0.2, 0.25) is 11.6 Å². The van der Waals surface area contributed by atoms with Gasteiger partial charge in [0.25, 0.3) is 0 Å². The van der Waals surface area contributed by atoms with E-state index in [4.69, 9.17) is 18.9 Å². The number of nitro groups is 1. The van der Waals surface area contributed by atoms with Crippen molar-refractivity contribution in [3.05, 3.63) is 52.8 Å². The standard InChI is InChI=1S/C20H21N5O6/c1-28-12-6-8-16(30-3)15(9-12)24-20-18(25(26)27)19(21-11-22-20)23-14-7-5-13(29-2)10-17(14)31-4/h5-11H,1-4H3,(H2,21,22,23,24). The average molecular weight is 427 g/mol. The number of hydrogen-bond donors (Lipinski definition) is 2. The zero-order chi connectivity index (χ0) is 22.4. The van der Waals surface area contributed by atoms with Crippen LogP contribution in [0, 0.1) is 10.1 Å². The maximum atomic E-state index is 11.9. The van der Waals surface area contributed by atoms with Crippen molar-refractivity contribution in [2.75, 3.05) is 39.1 Å². The van der Waals surface area contributed by atoms with Crippen LogP contribution >= 0.6 is 0 Å². The molecule has 0 fully saturated rings. The van der Waals surface area contributed by atoms with E-state index in [1.807, 2.05) is 0 Å². The zero-order valence-corrected chi connectivity index (χ0v) is 17.3. The van der Waals surface area contributed by atoms with E-state index >= 15 is 0 Å². The van der Waals surface area contributed by atoms with E-state index < -0.39 is 4.92 Å². The molecule has 0 atom stereocenters. The Morgan fingerprint density at radius 2 is 1.35 bits per heavy atom. The number of ether oxygens (including phenoxy) is 4. The summed E-state index contributed by atoms with van der Waals surface area (Å²) in [6, 6.07) is 10.0. The Hall–Kier alpha value is -4.28. The molecule has 0 spiro atoms. The molecule has 0 bridgehead atoms. The lowest BCUT2D eigenvalue weighted by Gasteiger charge is -2.14. The Kier molecular flexibility index (Phi) is 6.55. The summed E-state index contributed by atoms with van der Waals surface area (Å²) in [5, 5.41) is 17.8. The summed E-state index contributed by atoms with van der Waals surface area (Å²) < 4.78 is 21.1. The topological polar surface area (TPSA) is 130 Å². The minimum Gasteiger partial charge on any atom is -0.497 e. The Bertz CT molecular complexity index is 1090. The summed E-state index contributed by atoms with van der Waals surface area (Å²) in [7, 11) is 6.02. The van der Waals surface area contributed by atoms with Crippen molar-refractivity contribution in [1.29, 1.82) is 0 Å². The lowest BCUT2D eigenvalue weighted by molar-refractivity contribution is -0.383. The molecule has 0 aliphatic carbocycles. The summed E-state index contributed by atoms with van der Waals surface area (Å²) in [5.41, 5.74) is 0.553. The Labute approximate surface area is 178 Å². The first kappa shape index (κ1) is 21.4. The Morgan fingerprint density at radius 3 is 1.94 bits per heavy atom. The Morgan fingerprint density at radius 1 is 0.774 bits per heavy atom. The van der Waals surface area contributed by atoms with Crippen LogP contribution in [0.2, 0.25) is 0 Å². The normalized spacial score (nSPS) is 10.2. The molecular weight excluding hydrogens is 406 g/mol. The van der Waals surface area contributed by atoms with E-state index in [2.05, 4.69) is 20.6 Å². The van der Waals surface area contributed by atoms with Gasteiger partial charge in [-0.2, -0.15) is 0 Å². The molecule has 2 aromatic carbocycles. The van der Waals surface area contributed by atoms with Gasteiger partial charge in [0.1, 0.15) is 29.3 Å². The van der Waals surface area contributed by atoms with Gasteiger partial charge in [-0.1, -0.05) is 0 Å². The second-order valence-corrected chi connectivity index (χ2v) is 6.06. The average Bonchev–Trinajstić information content (AvgIpc) is 2.79. The molecule has 2 N–H and O–H groups in total. The van der Waals surface area contributed by atoms with Gasteiger partial charge in [-0.3, -0.25) is 10.1 Å². The molecule has 1 aromatic heterocycles. The number of rotatable bonds is 9. The largest absolute Gasteiger partial charge is 0.497 e. The number of benzene rings is 2. The van der Waals surface area contributed by atoms with E-state index in [0.29, 0.717) is 34.4 Å². The fraction of sp³-hybridized carbons (Fsp3) is 0.200. The summed E-state index contributed by atoms with van der Waals surface area (Å²) >= 11 is 0. The quantitative estimate of drug-likeness (QED) is 0.383. The SMILES string of the molecule is COc1ccc(OC)c(Nc2ncnc(Nc3ccc(OC)cc3OC)c2[N+](=O)[O-])c1. The first-order valence-corrected chi connectivity index (χ1v) is 8.98. The van der Waals surface area contributed by atoms with Crippen molar-refractivity contribution in [3.63, 3.8) is 0 Å². The maximum Gasteiger partial charge on any atom is 0.353 e. The van der Waals surface area contributed by atoms with Gasteiger partial charge in [-0.15, -0.1) is 0 Å². The highest BCUT2D eigenvalue weighted by atomic mass is 16.6. The molecule has 162 valence electrons. The highest BCUT2D eigenvalue weighted by Crippen LogP contribution is 2.38. The van der Waals surface area contributed by atoms with Gasteiger partial charge in [0.05, 0.1) is 44.7 Å². The third kappa shape index (κ3) is 4.66. The number of anilines is 4. The van der Waals surface area contributed by atoms with Gasteiger partial charge in [-0.05, 0) is 24.3 Å². The third-order valence-corrected chi connectivity index (χ3v) is 4.33. The number of methoxy groups -OCH3 is 4. The van der Waals surface area contributed by atoms with Crippen molar-refractivity contribution < 1.29 is 23.9 Å². The highest BCUT2D eigenvalue weighted by Gasteiger charge is 2.25. The molecule has 0 aliphatic heterocycles. The predicted molar refractivity (Wildman–Crippen MR) is 114 cm³/mol. The number of nitrogens with zero attached hydrogens (tertiary/aromatic N) is 3. The maximum absolute atomic E-state index is 11.9.